The second-order valence-corrected chi connectivity index (χ2v) is 5.26. The highest BCUT2D eigenvalue weighted by molar-refractivity contribution is 6.42. The third-order valence-electron chi connectivity index (χ3n) is 2.93. The summed E-state index contributed by atoms with van der Waals surface area (Å²) in [5, 5.41) is 14.4. The minimum atomic E-state index is -1.01. The van der Waals surface area contributed by atoms with Crippen molar-refractivity contribution in [3.63, 3.8) is 0 Å². The third kappa shape index (κ3) is 3.14. The van der Waals surface area contributed by atoms with Crippen LogP contribution >= 0.6 is 23.2 Å². The van der Waals surface area contributed by atoms with E-state index >= 15 is 0 Å². The average Bonchev–Trinajstić information content (AvgIpc) is 2.84. The molecule has 4 nitrogen and oxygen atoms in total. The van der Waals surface area contributed by atoms with E-state index in [2.05, 4.69) is 12.0 Å². The van der Waals surface area contributed by atoms with Crippen molar-refractivity contribution in [3.05, 3.63) is 40.0 Å². The number of benzene rings is 1. The van der Waals surface area contributed by atoms with Crippen molar-refractivity contribution in [2.24, 2.45) is 0 Å². The van der Waals surface area contributed by atoms with Gasteiger partial charge in [0, 0.05) is 18.3 Å². The third-order valence-corrected chi connectivity index (χ3v) is 3.66. The van der Waals surface area contributed by atoms with E-state index in [4.69, 9.17) is 23.2 Å². The number of aryl methyl sites for hydroxylation is 1. The minimum absolute atomic E-state index is 0.166. The van der Waals surface area contributed by atoms with Crippen molar-refractivity contribution in [1.29, 1.82) is 0 Å². The van der Waals surface area contributed by atoms with E-state index in [1.807, 2.05) is 0 Å². The van der Waals surface area contributed by atoms with Crippen LogP contribution in [-0.4, -0.2) is 20.9 Å². The maximum absolute atomic E-state index is 11.3. The van der Waals surface area contributed by atoms with E-state index in [1.165, 1.54) is 0 Å². The largest absolute Gasteiger partial charge is 0.478 e. The lowest BCUT2D eigenvalue weighted by Gasteiger charge is -2.02. The van der Waals surface area contributed by atoms with Crippen molar-refractivity contribution in [2.75, 3.05) is 0 Å². The zero-order chi connectivity index (χ0) is 14.7. The molecule has 0 atom stereocenters. The van der Waals surface area contributed by atoms with Crippen LogP contribution in [0.2, 0.25) is 10.0 Å². The highest BCUT2D eigenvalue weighted by atomic mass is 35.5. The lowest BCUT2D eigenvalue weighted by Crippen LogP contribution is -1.98. The van der Waals surface area contributed by atoms with Crippen LogP contribution < -0.4 is 0 Å². The molecule has 0 unspecified atom stereocenters. The Morgan fingerprint density at radius 3 is 2.70 bits per heavy atom. The summed E-state index contributed by atoms with van der Waals surface area (Å²) in [6, 6.07) is 4.98. The van der Waals surface area contributed by atoms with Gasteiger partial charge >= 0.3 is 5.97 Å². The van der Waals surface area contributed by atoms with E-state index < -0.39 is 5.97 Å². The molecule has 0 bridgehead atoms. The van der Waals surface area contributed by atoms with Gasteiger partial charge in [0.15, 0.2) is 0 Å². The van der Waals surface area contributed by atoms with Crippen molar-refractivity contribution >= 4 is 29.2 Å². The number of halogens is 2. The van der Waals surface area contributed by atoms with E-state index in [0.717, 1.165) is 12.8 Å². The highest BCUT2D eigenvalue weighted by Gasteiger charge is 2.17. The number of carboxylic acid groups (broad SMARTS) is 1. The van der Waals surface area contributed by atoms with Crippen LogP contribution in [0.5, 0.6) is 0 Å². The Hall–Kier alpha value is -1.52. The number of unbranched alkanes of at least 4 members (excludes halogenated alkanes) is 1. The molecule has 106 valence electrons. The van der Waals surface area contributed by atoms with Crippen LogP contribution in [0.3, 0.4) is 0 Å². The molecule has 2 aromatic rings. The summed E-state index contributed by atoms with van der Waals surface area (Å²) in [6.07, 6.45) is 3.52. The predicted molar refractivity (Wildman–Crippen MR) is 79.6 cm³/mol. The molecule has 6 heteroatoms. The SMILES string of the molecule is CCCCn1cc(C(=O)O)c(-c2ccc(Cl)c(Cl)c2)n1. The fourth-order valence-corrected chi connectivity index (χ4v) is 2.17. The summed E-state index contributed by atoms with van der Waals surface area (Å²) in [6.45, 7) is 2.76. The van der Waals surface area contributed by atoms with Crippen molar-refractivity contribution in [3.8, 4) is 11.3 Å². The fraction of sp³-hybridized carbons (Fsp3) is 0.286. The summed E-state index contributed by atoms with van der Waals surface area (Å²) in [7, 11) is 0. The fourth-order valence-electron chi connectivity index (χ4n) is 1.87. The van der Waals surface area contributed by atoms with Crippen molar-refractivity contribution < 1.29 is 9.90 Å². The van der Waals surface area contributed by atoms with Crippen LogP contribution in [0.25, 0.3) is 11.3 Å². The van der Waals surface area contributed by atoms with E-state index in [9.17, 15) is 9.90 Å². The molecule has 0 fully saturated rings. The van der Waals surface area contributed by atoms with Gasteiger partial charge in [0.1, 0.15) is 11.3 Å². The first kappa shape index (κ1) is 14.9. The summed E-state index contributed by atoms with van der Waals surface area (Å²) in [5.41, 5.74) is 1.22. The first-order chi connectivity index (χ1) is 9.52. The maximum atomic E-state index is 11.3. The van der Waals surface area contributed by atoms with Gasteiger partial charge < -0.3 is 5.11 Å². The number of carbonyl (C=O) groups is 1. The van der Waals surface area contributed by atoms with Gasteiger partial charge in [-0.15, -0.1) is 0 Å². The Kier molecular flexibility index (Phi) is 4.68. The Morgan fingerprint density at radius 1 is 1.35 bits per heavy atom. The molecular formula is C14H14Cl2N2O2. The van der Waals surface area contributed by atoms with Crippen LogP contribution in [0.1, 0.15) is 30.1 Å². The molecule has 1 aromatic carbocycles. The van der Waals surface area contributed by atoms with Gasteiger partial charge in [-0.2, -0.15) is 5.10 Å². The van der Waals surface area contributed by atoms with Gasteiger partial charge in [0.05, 0.1) is 10.0 Å². The normalized spacial score (nSPS) is 10.8. The molecule has 0 saturated carbocycles. The van der Waals surface area contributed by atoms with E-state index in [1.54, 1.807) is 29.1 Å². The molecule has 20 heavy (non-hydrogen) atoms. The molecule has 0 aliphatic rings. The van der Waals surface area contributed by atoms with Gasteiger partial charge in [-0.05, 0) is 18.6 Å². The Morgan fingerprint density at radius 2 is 2.10 bits per heavy atom. The molecule has 0 spiro atoms. The number of aromatic nitrogens is 2. The second-order valence-electron chi connectivity index (χ2n) is 4.44. The van der Waals surface area contributed by atoms with Crippen LogP contribution in [0, 0.1) is 0 Å². The summed E-state index contributed by atoms with van der Waals surface area (Å²) in [5.74, 6) is -1.01. The Bertz CT molecular complexity index is 638. The lowest BCUT2D eigenvalue weighted by atomic mass is 10.1. The van der Waals surface area contributed by atoms with Gasteiger partial charge in [-0.25, -0.2) is 4.79 Å². The lowest BCUT2D eigenvalue weighted by molar-refractivity contribution is 0.0697. The highest BCUT2D eigenvalue weighted by Crippen LogP contribution is 2.29. The minimum Gasteiger partial charge on any atom is -0.478 e. The summed E-state index contributed by atoms with van der Waals surface area (Å²) in [4.78, 5) is 11.3. The van der Waals surface area contributed by atoms with Crippen molar-refractivity contribution in [2.45, 2.75) is 26.3 Å². The van der Waals surface area contributed by atoms with E-state index in [-0.39, 0.29) is 5.56 Å². The van der Waals surface area contributed by atoms with Crippen LogP contribution in [0.4, 0.5) is 0 Å². The van der Waals surface area contributed by atoms with Crippen molar-refractivity contribution in [1.82, 2.24) is 9.78 Å². The van der Waals surface area contributed by atoms with Gasteiger partial charge in [0.25, 0.3) is 0 Å². The smallest absolute Gasteiger partial charge is 0.339 e. The van der Waals surface area contributed by atoms with E-state index in [0.29, 0.717) is 27.8 Å². The van der Waals surface area contributed by atoms with Gasteiger partial charge in [-0.1, -0.05) is 42.6 Å². The average molecular weight is 313 g/mol. The molecule has 2 rings (SSSR count). The molecule has 0 aliphatic carbocycles. The Balaban J connectivity index is 2.45. The Labute approximate surface area is 126 Å². The number of hydrogen-bond donors (Lipinski definition) is 1. The number of nitrogens with zero attached hydrogens (tertiary/aromatic N) is 2. The molecule has 0 amide bonds. The first-order valence-electron chi connectivity index (χ1n) is 6.29. The number of hydrogen-bond acceptors (Lipinski definition) is 2. The molecule has 0 aliphatic heterocycles. The maximum Gasteiger partial charge on any atom is 0.339 e. The molecule has 0 saturated heterocycles. The zero-order valence-electron chi connectivity index (χ0n) is 10.9. The molecular weight excluding hydrogens is 299 g/mol. The first-order valence-corrected chi connectivity index (χ1v) is 7.04. The summed E-state index contributed by atoms with van der Waals surface area (Å²) >= 11 is 11.8. The molecule has 0 radical (unpaired) electrons. The number of carboxylic acids is 1. The summed E-state index contributed by atoms with van der Waals surface area (Å²) < 4.78 is 1.66. The zero-order valence-corrected chi connectivity index (χ0v) is 12.4. The quantitative estimate of drug-likeness (QED) is 0.892. The van der Waals surface area contributed by atoms with Crippen LogP contribution in [-0.2, 0) is 6.54 Å². The molecule has 1 heterocycles. The molecule has 1 N–H and O–H groups in total. The standard InChI is InChI=1S/C14H14Cl2N2O2/c1-2-3-6-18-8-10(14(19)20)13(17-18)9-4-5-11(15)12(16)7-9/h4-5,7-8H,2-3,6H2,1H3,(H,19,20). The second kappa shape index (κ2) is 6.29. The predicted octanol–water partition coefficient (Wildman–Crippen LogP) is 4.36. The topological polar surface area (TPSA) is 55.1 Å². The molecule has 1 aromatic heterocycles. The number of aromatic carboxylic acids is 1. The van der Waals surface area contributed by atoms with Crippen LogP contribution in [0.15, 0.2) is 24.4 Å². The van der Waals surface area contributed by atoms with Gasteiger partial charge in [0.2, 0.25) is 0 Å². The number of rotatable bonds is 5. The monoisotopic (exact) mass is 312 g/mol. The van der Waals surface area contributed by atoms with Gasteiger partial charge in [-0.3, -0.25) is 4.68 Å².